The van der Waals surface area contributed by atoms with E-state index in [0.717, 1.165) is 6.54 Å². The van der Waals surface area contributed by atoms with E-state index in [4.69, 9.17) is 9.47 Å². The topological polar surface area (TPSA) is 30.5 Å². The Morgan fingerprint density at radius 1 is 1.56 bits per heavy atom. The molecule has 1 unspecified atom stereocenters. The number of rotatable bonds is 2. The minimum Gasteiger partial charge on any atom is -0.496 e. The van der Waals surface area contributed by atoms with Gasteiger partial charge in [0.15, 0.2) is 0 Å². The van der Waals surface area contributed by atoms with E-state index in [1.165, 1.54) is 7.11 Å². The van der Waals surface area contributed by atoms with E-state index in [0.29, 0.717) is 28.9 Å². The maximum atomic E-state index is 14.0. The number of hydrogen-bond donors (Lipinski definition) is 1. The summed E-state index contributed by atoms with van der Waals surface area (Å²) < 4.78 is 25.1. The molecule has 0 bridgehead atoms. The largest absolute Gasteiger partial charge is 0.496 e. The second-order valence-electron chi connectivity index (χ2n) is 3.54. The zero-order chi connectivity index (χ0) is 11.5. The molecule has 1 aromatic rings. The molecule has 5 heteroatoms. The van der Waals surface area contributed by atoms with Crippen molar-refractivity contribution >= 4 is 15.9 Å². The van der Waals surface area contributed by atoms with Crippen LogP contribution in [0.1, 0.15) is 11.7 Å². The van der Waals surface area contributed by atoms with Gasteiger partial charge in [-0.1, -0.05) is 0 Å². The van der Waals surface area contributed by atoms with Crippen LogP contribution in [0, 0.1) is 5.82 Å². The number of methoxy groups -OCH3 is 1. The Kier molecular flexibility index (Phi) is 3.78. The van der Waals surface area contributed by atoms with Gasteiger partial charge in [0.25, 0.3) is 0 Å². The summed E-state index contributed by atoms with van der Waals surface area (Å²) in [5, 5.41) is 3.17. The first-order chi connectivity index (χ1) is 7.74. The molecule has 1 aromatic carbocycles. The molecule has 1 heterocycles. The van der Waals surface area contributed by atoms with E-state index in [1.807, 2.05) is 0 Å². The summed E-state index contributed by atoms with van der Waals surface area (Å²) >= 11 is 3.17. The molecule has 88 valence electrons. The van der Waals surface area contributed by atoms with Gasteiger partial charge in [-0.2, -0.15) is 0 Å². The number of morpholine rings is 1. The lowest BCUT2D eigenvalue weighted by Gasteiger charge is -2.25. The van der Waals surface area contributed by atoms with E-state index in [2.05, 4.69) is 21.2 Å². The van der Waals surface area contributed by atoms with E-state index in [-0.39, 0.29) is 11.9 Å². The summed E-state index contributed by atoms with van der Waals surface area (Å²) in [7, 11) is 1.53. The minimum atomic E-state index is -0.312. The summed E-state index contributed by atoms with van der Waals surface area (Å²) in [5.74, 6) is 0.211. The lowest BCUT2D eigenvalue weighted by molar-refractivity contribution is 0.0239. The van der Waals surface area contributed by atoms with Crippen molar-refractivity contribution in [3.8, 4) is 5.75 Å². The lowest BCUT2D eigenvalue weighted by atomic mass is 10.1. The van der Waals surface area contributed by atoms with Gasteiger partial charge in [-0.15, -0.1) is 0 Å². The quantitative estimate of drug-likeness (QED) is 0.906. The maximum absolute atomic E-state index is 14.0. The van der Waals surface area contributed by atoms with E-state index < -0.39 is 0 Å². The third-order valence-electron chi connectivity index (χ3n) is 2.56. The molecule has 1 fully saturated rings. The van der Waals surface area contributed by atoms with Crippen molar-refractivity contribution < 1.29 is 13.9 Å². The van der Waals surface area contributed by atoms with Crippen LogP contribution in [0.4, 0.5) is 4.39 Å². The molecule has 0 aliphatic carbocycles. The first kappa shape index (κ1) is 11.8. The van der Waals surface area contributed by atoms with Crippen molar-refractivity contribution in [3.05, 3.63) is 28.0 Å². The summed E-state index contributed by atoms with van der Waals surface area (Å²) in [6, 6.07) is 3.37. The zero-order valence-corrected chi connectivity index (χ0v) is 10.5. The molecule has 0 radical (unpaired) electrons. The third-order valence-corrected chi connectivity index (χ3v) is 3.17. The number of benzene rings is 1. The number of halogens is 2. The van der Waals surface area contributed by atoms with E-state index in [1.54, 1.807) is 12.1 Å². The maximum Gasteiger partial charge on any atom is 0.146 e. The van der Waals surface area contributed by atoms with Gasteiger partial charge in [-0.3, -0.25) is 0 Å². The molecule has 3 nitrogen and oxygen atoms in total. The summed E-state index contributed by atoms with van der Waals surface area (Å²) in [4.78, 5) is 0. The Morgan fingerprint density at radius 3 is 3.00 bits per heavy atom. The highest BCUT2D eigenvalue weighted by Crippen LogP contribution is 2.34. The van der Waals surface area contributed by atoms with Crippen molar-refractivity contribution in [1.82, 2.24) is 5.32 Å². The van der Waals surface area contributed by atoms with Gasteiger partial charge in [0.2, 0.25) is 0 Å². The second kappa shape index (κ2) is 5.12. The van der Waals surface area contributed by atoms with E-state index in [9.17, 15) is 4.39 Å². The average molecular weight is 290 g/mol. The smallest absolute Gasteiger partial charge is 0.146 e. The second-order valence-corrected chi connectivity index (χ2v) is 4.40. The third kappa shape index (κ3) is 2.21. The molecule has 0 saturated carbocycles. The molecule has 16 heavy (non-hydrogen) atoms. The fourth-order valence-corrected chi connectivity index (χ4v) is 2.12. The van der Waals surface area contributed by atoms with Gasteiger partial charge in [-0.05, 0) is 28.1 Å². The molecule has 1 atom stereocenters. The molecule has 0 spiro atoms. The predicted molar refractivity (Wildman–Crippen MR) is 62.2 cm³/mol. The zero-order valence-electron chi connectivity index (χ0n) is 8.93. The van der Waals surface area contributed by atoms with Gasteiger partial charge >= 0.3 is 0 Å². The molecule has 0 aromatic heterocycles. The summed E-state index contributed by atoms with van der Waals surface area (Å²) in [6.07, 6.45) is -0.291. The van der Waals surface area contributed by atoms with Crippen LogP contribution in [0.3, 0.4) is 0 Å². The average Bonchev–Trinajstić information content (AvgIpc) is 2.33. The highest BCUT2D eigenvalue weighted by atomic mass is 79.9. The van der Waals surface area contributed by atoms with Gasteiger partial charge < -0.3 is 14.8 Å². The van der Waals surface area contributed by atoms with Crippen molar-refractivity contribution in [1.29, 1.82) is 0 Å². The first-order valence-corrected chi connectivity index (χ1v) is 5.87. The number of hydrogen-bond acceptors (Lipinski definition) is 3. The summed E-state index contributed by atoms with van der Waals surface area (Å²) in [5.41, 5.74) is 0.476. The fourth-order valence-electron chi connectivity index (χ4n) is 1.78. The molecule has 1 aliphatic rings. The van der Waals surface area contributed by atoms with Crippen LogP contribution in [0.5, 0.6) is 5.75 Å². The minimum absolute atomic E-state index is 0.291. The van der Waals surface area contributed by atoms with Gasteiger partial charge in [0.1, 0.15) is 17.7 Å². The highest BCUT2D eigenvalue weighted by Gasteiger charge is 2.24. The van der Waals surface area contributed by atoms with Crippen molar-refractivity contribution in [2.75, 3.05) is 26.8 Å². The molecular formula is C11H13BrFNO2. The SMILES string of the molecule is COc1ccc(Br)c(F)c1C1CNCCO1. The molecular weight excluding hydrogens is 277 g/mol. The molecule has 1 N–H and O–H groups in total. The normalized spacial score (nSPS) is 20.8. The molecule has 1 saturated heterocycles. The van der Waals surface area contributed by atoms with Crippen molar-refractivity contribution in [2.45, 2.75) is 6.10 Å². The molecule has 1 aliphatic heterocycles. The standard InChI is InChI=1S/C11H13BrFNO2/c1-15-8-3-2-7(12)11(13)10(8)9-6-14-4-5-16-9/h2-3,9,14H,4-6H2,1H3. The monoisotopic (exact) mass is 289 g/mol. The Morgan fingerprint density at radius 2 is 2.38 bits per heavy atom. The van der Waals surface area contributed by atoms with Crippen LogP contribution < -0.4 is 10.1 Å². The van der Waals surface area contributed by atoms with Gasteiger partial charge in [0, 0.05) is 13.1 Å². The van der Waals surface area contributed by atoms with E-state index >= 15 is 0 Å². The fraction of sp³-hybridized carbons (Fsp3) is 0.455. The Balaban J connectivity index is 2.39. The van der Waals surface area contributed by atoms with Crippen LogP contribution in [0.2, 0.25) is 0 Å². The Hall–Kier alpha value is -0.650. The van der Waals surface area contributed by atoms with Crippen molar-refractivity contribution in [3.63, 3.8) is 0 Å². The Bertz CT molecular complexity index is 380. The number of ether oxygens (including phenoxy) is 2. The first-order valence-electron chi connectivity index (χ1n) is 5.08. The van der Waals surface area contributed by atoms with Gasteiger partial charge in [-0.25, -0.2) is 4.39 Å². The predicted octanol–water partition coefficient (Wildman–Crippen LogP) is 2.26. The van der Waals surface area contributed by atoms with Crippen LogP contribution in [-0.4, -0.2) is 26.8 Å². The molecule has 2 rings (SSSR count). The lowest BCUT2D eigenvalue weighted by Crippen LogP contribution is -2.34. The van der Waals surface area contributed by atoms with Crippen LogP contribution in [-0.2, 0) is 4.74 Å². The highest BCUT2D eigenvalue weighted by molar-refractivity contribution is 9.10. The molecule has 0 amide bonds. The van der Waals surface area contributed by atoms with Crippen LogP contribution in [0.25, 0.3) is 0 Å². The van der Waals surface area contributed by atoms with Crippen molar-refractivity contribution in [2.24, 2.45) is 0 Å². The van der Waals surface area contributed by atoms with Crippen LogP contribution in [0.15, 0.2) is 16.6 Å². The number of nitrogens with one attached hydrogen (secondary N) is 1. The van der Waals surface area contributed by atoms with Crippen LogP contribution >= 0.6 is 15.9 Å². The Labute approximate surface area is 102 Å². The summed E-state index contributed by atoms with van der Waals surface area (Å²) in [6.45, 7) is 1.98. The van der Waals surface area contributed by atoms with Gasteiger partial charge in [0.05, 0.1) is 23.8 Å².